The Morgan fingerprint density at radius 2 is 1.11 bits per heavy atom. The first-order valence-electron chi connectivity index (χ1n) is 14.0. The molecule has 3 heteroatoms. The van der Waals surface area contributed by atoms with Crippen LogP contribution in [0.15, 0.2) is 90.7 Å². The number of thioether (sulfide) groups is 1. The predicted octanol–water partition coefficient (Wildman–Crippen LogP) is 9.97. The van der Waals surface area contributed by atoms with E-state index in [2.05, 4.69) is 85.5 Å². The summed E-state index contributed by atoms with van der Waals surface area (Å²) in [6.45, 7) is 3.92. The summed E-state index contributed by atoms with van der Waals surface area (Å²) < 4.78 is 0. The van der Waals surface area contributed by atoms with E-state index in [1.165, 1.54) is 85.3 Å². The lowest BCUT2D eigenvalue weighted by molar-refractivity contribution is 0.101. The third-order valence-corrected chi connectivity index (χ3v) is 10.2. The molecule has 0 saturated heterocycles. The third kappa shape index (κ3) is 10.6. The highest BCUT2D eigenvalue weighted by molar-refractivity contribution is 8.08. The van der Waals surface area contributed by atoms with Crippen LogP contribution in [0.3, 0.4) is 0 Å². The van der Waals surface area contributed by atoms with Gasteiger partial charge in [-0.3, -0.25) is 4.79 Å². The molecule has 3 aromatic rings. The fraction of sp³-hybridized carbons (Fsp3) is 0.382. The maximum Gasteiger partial charge on any atom is 0.159 e. The summed E-state index contributed by atoms with van der Waals surface area (Å²) in [7, 11) is -0.623. The maximum atomic E-state index is 11.8. The van der Waals surface area contributed by atoms with Gasteiger partial charge in [0.15, 0.2) is 5.78 Å². The van der Waals surface area contributed by atoms with E-state index in [4.69, 9.17) is 0 Å². The Labute approximate surface area is 230 Å². The molecular formula is C34H43OPS. The summed E-state index contributed by atoms with van der Waals surface area (Å²) in [5.41, 5.74) is 1.98. The van der Waals surface area contributed by atoms with Gasteiger partial charge in [0.2, 0.25) is 0 Å². The average Bonchev–Trinajstić information content (AvgIpc) is 2.94. The van der Waals surface area contributed by atoms with Gasteiger partial charge in [-0.25, -0.2) is 0 Å². The Kier molecular flexibility index (Phi) is 13.8. The molecule has 0 saturated carbocycles. The van der Waals surface area contributed by atoms with Crippen molar-refractivity contribution < 1.29 is 4.79 Å². The minimum atomic E-state index is -0.623. The second-order valence-corrected chi connectivity index (χ2v) is 12.9. The highest BCUT2D eigenvalue weighted by Gasteiger charge is 2.14. The van der Waals surface area contributed by atoms with Crippen LogP contribution < -0.4 is 10.6 Å². The molecule has 3 aromatic carbocycles. The van der Waals surface area contributed by atoms with E-state index in [1.54, 1.807) is 6.92 Å². The number of benzene rings is 3. The quantitative estimate of drug-likeness (QED) is 0.0981. The lowest BCUT2D eigenvalue weighted by Gasteiger charge is -2.18. The van der Waals surface area contributed by atoms with Gasteiger partial charge in [0.05, 0.1) is 0 Å². The molecule has 0 N–H and O–H groups in total. The second kappa shape index (κ2) is 17.4. The summed E-state index contributed by atoms with van der Waals surface area (Å²) in [5, 5.41) is 2.72. The van der Waals surface area contributed by atoms with Gasteiger partial charge in [0.25, 0.3) is 0 Å². The van der Waals surface area contributed by atoms with Gasteiger partial charge in [-0.15, -0.1) is 11.8 Å². The van der Waals surface area contributed by atoms with E-state index < -0.39 is 7.92 Å². The van der Waals surface area contributed by atoms with Gasteiger partial charge in [0, 0.05) is 10.5 Å². The van der Waals surface area contributed by atoms with Gasteiger partial charge in [0.1, 0.15) is 0 Å². The predicted molar refractivity (Wildman–Crippen MR) is 168 cm³/mol. The van der Waals surface area contributed by atoms with Crippen LogP contribution in [0, 0.1) is 0 Å². The normalized spacial score (nSPS) is 11.7. The van der Waals surface area contributed by atoms with E-state index in [0.29, 0.717) is 0 Å². The molecule has 0 fully saturated rings. The standard InChI is InChI=1S/C34H43OPS/c1-3-4-5-6-7-8-9-10-11-18-27-37-34(31-25-23-30(24-26-31)29(2)35)28-36(32-19-14-12-15-20-32)33-21-16-13-17-22-33/h12-17,19-26,28H,3-11,18,27H2,1-2H3/b34-28-. The summed E-state index contributed by atoms with van der Waals surface area (Å²) in [5.74, 6) is 3.73. The van der Waals surface area contributed by atoms with Gasteiger partial charge in [-0.05, 0) is 49.0 Å². The highest BCUT2D eigenvalue weighted by atomic mass is 32.2. The van der Waals surface area contributed by atoms with Crippen LogP contribution in [0.5, 0.6) is 0 Å². The van der Waals surface area contributed by atoms with E-state index in [9.17, 15) is 4.79 Å². The lowest BCUT2D eigenvalue weighted by Crippen LogP contribution is -2.09. The maximum absolute atomic E-state index is 11.8. The number of ketones is 1. The molecule has 0 aliphatic heterocycles. The van der Waals surface area contributed by atoms with Crippen molar-refractivity contribution in [2.24, 2.45) is 0 Å². The number of unbranched alkanes of at least 4 members (excludes halogenated alkanes) is 9. The van der Waals surface area contributed by atoms with Crippen LogP contribution in [-0.4, -0.2) is 11.5 Å². The van der Waals surface area contributed by atoms with Crippen molar-refractivity contribution in [1.82, 2.24) is 0 Å². The minimum absolute atomic E-state index is 0.117. The van der Waals surface area contributed by atoms with Gasteiger partial charge in [-0.1, -0.05) is 150 Å². The van der Waals surface area contributed by atoms with E-state index >= 15 is 0 Å². The van der Waals surface area contributed by atoms with E-state index in [1.807, 2.05) is 23.9 Å². The van der Waals surface area contributed by atoms with Crippen LogP contribution in [0.2, 0.25) is 0 Å². The van der Waals surface area contributed by atoms with Crippen LogP contribution in [-0.2, 0) is 0 Å². The molecular weight excluding hydrogens is 487 g/mol. The Balaban J connectivity index is 1.68. The van der Waals surface area contributed by atoms with Crippen molar-refractivity contribution in [3.05, 3.63) is 102 Å². The zero-order valence-corrected chi connectivity index (χ0v) is 24.4. The van der Waals surface area contributed by atoms with Crippen molar-refractivity contribution in [3.8, 4) is 0 Å². The summed E-state index contributed by atoms with van der Waals surface area (Å²) >= 11 is 1.98. The Hall–Kier alpha value is -2.15. The second-order valence-electron chi connectivity index (χ2n) is 9.70. The molecule has 0 amide bonds. The van der Waals surface area contributed by atoms with Crippen LogP contribution in [0.1, 0.15) is 94.0 Å². The molecule has 0 aliphatic carbocycles. The average molecular weight is 531 g/mol. The number of hydrogen-bond donors (Lipinski definition) is 0. The summed E-state index contributed by atoms with van der Waals surface area (Å²) in [4.78, 5) is 13.2. The van der Waals surface area contributed by atoms with Gasteiger partial charge < -0.3 is 0 Å². The molecule has 0 radical (unpaired) electrons. The van der Waals surface area contributed by atoms with Crippen molar-refractivity contribution in [3.63, 3.8) is 0 Å². The Bertz CT molecular complexity index is 1020. The zero-order valence-electron chi connectivity index (χ0n) is 22.7. The van der Waals surface area contributed by atoms with Crippen molar-refractivity contribution in [2.75, 3.05) is 5.75 Å². The van der Waals surface area contributed by atoms with Crippen molar-refractivity contribution >= 4 is 41.0 Å². The first-order valence-corrected chi connectivity index (χ1v) is 16.4. The molecule has 0 unspecified atom stereocenters. The number of hydrogen-bond acceptors (Lipinski definition) is 2. The van der Waals surface area contributed by atoms with Crippen LogP contribution in [0.25, 0.3) is 4.91 Å². The SMILES string of the molecule is CCCCCCCCCCCCS/C(=C\P(c1ccccc1)c1ccccc1)c1ccc(C(C)=O)cc1. The van der Waals surface area contributed by atoms with Crippen molar-refractivity contribution in [1.29, 1.82) is 0 Å². The van der Waals surface area contributed by atoms with E-state index in [-0.39, 0.29) is 5.78 Å². The van der Waals surface area contributed by atoms with Crippen molar-refractivity contribution in [2.45, 2.75) is 78.1 Å². The number of carbonyl (C=O) groups excluding carboxylic acids is 1. The highest BCUT2D eigenvalue weighted by Crippen LogP contribution is 2.42. The molecule has 0 aromatic heterocycles. The first-order chi connectivity index (χ1) is 18.2. The van der Waals surface area contributed by atoms with Gasteiger partial charge in [-0.2, -0.15) is 0 Å². The number of carbonyl (C=O) groups is 1. The fourth-order valence-corrected chi connectivity index (χ4v) is 7.88. The number of Topliss-reactive ketones (excluding diaryl/α,β-unsaturated/α-hetero) is 1. The van der Waals surface area contributed by atoms with Gasteiger partial charge >= 0.3 is 0 Å². The molecule has 0 heterocycles. The topological polar surface area (TPSA) is 17.1 Å². The summed E-state index contributed by atoms with van der Waals surface area (Å²) in [6, 6.07) is 29.9. The Morgan fingerprint density at radius 3 is 1.59 bits per heavy atom. The monoisotopic (exact) mass is 530 g/mol. The summed E-state index contributed by atoms with van der Waals surface area (Å²) in [6.07, 6.45) is 13.6. The van der Waals surface area contributed by atoms with Crippen LogP contribution in [0.4, 0.5) is 0 Å². The number of rotatable bonds is 17. The smallest absolute Gasteiger partial charge is 0.159 e. The first kappa shape index (κ1) is 29.4. The molecule has 0 atom stereocenters. The van der Waals surface area contributed by atoms with Crippen LogP contribution >= 0.6 is 19.7 Å². The fourth-order valence-electron chi connectivity index (χ4n) is 4.43. The molecule has 0 spiro atoms. The lowest BCUT2D eigenvalue weighted by atomic mass is 10.1. The zero-order chi connectivity index (χ0) is 26.1. The molecule has 3 rings (SSSR count). The molecule has 0 aliphatic rings. The Morgan fingerprint density at radius 1 is 0.649 bits per heavy atom. The molecule has 37 heavy (non-hydrogen) atoms. The molecule has 1 nitrogen and oxygen atoms in total. The minimum Gasteiger partial charge on any atom is -0.295 e. The largest absolute Gasteiger partial charge is 0.295 e. The third-order valence-electron chi connectivity index (χ3n) is 6.65. The van der Waals surface area contributed by atoms with E-state index in [0.717, 1.165) is 11.3 Å². The molecule has 196 valence electrons. The molecule has 0 bridgehead atoms.